The van der Waals surface area contributed by atoms with Crippen molar-refractivity contribution in [1.29, 1.82) is 0 Å². The van der Waals surface area contributed by atoms with Crippen molar-refractivity contribution in [3.63, 3.8) is 0 Å². The van der Waals surface area contributed by atoms with E-state index in [1.807, 2.05) is 6.92 Å². The van der Waals surface area contributed by atoms with Crippen LogP contribution in [0.25, 0.3) is 0 Å². The molecule has 1 fully saturated rings. The minimum atomic E-state index is -2.04. The molecule has 0 saturated heterocycles. The third-order valence-corrected chi connectivity index (χ3v) is 20.3. The van der Waals surface area contributed by atoms with Gasteiger partial charge >= 0.3 is 0 Å². The van der Waals surface area contributed by atoms with E-state index < -0.39 is 25.0 Å². The highest BCUT2D eigenvalue weighted by Gasteiger charge is 2.59. The number of hydrogen-bond donors (Lipinski definition) is 0. The summed E-state index contributed by atoms with van der Waals surface area (Å²) in [5.74, 6) is 7.67. The molecule has 3 nitrogen and oxygen atoms in total. The van der Waals surface area contributed by atoms with Gasteiger partial charge < -0.3 is 13.3 Å². The van der Waals surface area contributed by atoms with E-state index in [4.69, 9.17) is 13.3 Å². The van der Waals surface area contributed by atoms with Gasteiger partial charge in [-0.25, -0.2) is 0 Å². The molecule has 38 heavy (non-hydrogen) atoms. The van der Waals surface area contributed by atoms with Gasteiger partial charge in [-0.05, 0) is 79.1 Å². The highest BCUT2D eigenvalue weighted by atomic mass is 79.9. The third-order valence-electron chi connectivity index (χ3n) is 9.61. The Bertz CT molecular complexity index is 943. The summed E-state index contributed by atoms with van der Waals surface area (Å²) in [5.41, 5.74) is 0. The van der Waals surface area contributed by atoms with Crippen LogP contribution in [0.2, 0.25) is 55.9 Å². The summed E-state index contributed by atoms with van der Waals surface area (Å²) in [6, 6.07) is 0. The zero-order chi connectivity index (χ0) is 29.6. The average Bonchev–Trinajstić information content (AvgIpc) is 2.94. The van der Waals surface area contributed by atoms with Gasteiger partial charge in [0.05, 0.1) is 12.2 Å². The Morgan fingerprint density at radius 3 is 1.79 bits per heavy atom. The minimum absolute atomic E-state index is 0.0947. The van der Waals surface area contributed by atoms with E-state index in [0.717, 1.165) is 0 Å². The molecule has 7 heteroatoms. The molecule has 0 spiro atoms. The van der Waals surface area contributed by atoms with Gasteiger partial charge in [-0.1, -0.05) is 82.5 Å². The second kappa shape index (κ2) is 11.7. The van der Waals surface area contributed by atoms with Crippen LogP contribution in [-0.2, 0) is 13.3 Å². The van der Waals surface area contributed by atoms with Gasteiger partial charge in [0.25, 0.3) is 0 Å². The van der Waals surface area contributed by atoms with Crippen molar-refractivity contribution in [3.05, 3.63) is 23.2 Å². The van der Waals surface area contributed by atoms with Crippen molar-refractivity contribution in [2.45, 2.75) is 130 Å². The summed E-state index contributed by atoms with van der Waals surface area (Å²) in [5, 5.41) is 0.273. The van der Waals surface area contributed by atoms with Crippen molar-refractivity contribution in [1.82, 2.24) is 0 Å². The Kier molecular flexibility index (Phi) is 10.6. The van der Waals surface area contributed by atoms with Crippen LogP contribution in [0.1, 0.15) is 55.4 Å². The van der Waals surface area contributed by atoms with Crippen LogP contribution in [0.3, 0.4) is 0 Å². The lowest BCUT2D eigenvalue weighted by molar-refractivity contribution is 0.0485. The molecule has 1 saturated carbocycles. The molecule has 0 N–H and O–H groups in total. The normalized spacial score (nSPS) is 31.7. The fourth-order valence-electron chi connectivity index (χ4n) is 5.50. The summed E-state index contributed by atoms with van der Waals surface area (Å²) in [6.45, 7) is 38.9. The first-order valence-corrected chi connectivity index (χ1v) is 24.5. The number of hydrogen-bond acceptors (Lipinski definition) is 3. The predicted molar refractivity (Wildman–Crippen MR) is 176 cm³/mol. The highest BCUT2D eigenvalue weighted by Crippen LogP contribution is 2.56. The maximum Gasteiger partial charge on any atom is 0.192 e. The Morgan fingerprint density at radius 1 is 0.921 bits per heavy atom. The van der Waals surface area contributed by atoms with Gasteiger partial charge in [0.15, 0.2) is 25.0 Å². The fourth-order valence-corrected chi connectivity index (χ4v) is 10.1. The standard InChI is InChI=1S/C31H57BrO3Si3/c1-17-19-25(33-36(10,11)12)27-22(18-2)26-23(20-24(27)32)28(34-37(13,14)30(4,5)6)21(3)29(26)35-38(15,16)31(7,8)9/h18,20-23,25-29H,2H2,1,3-16H3/t21-,22+,23-,25+,26+,27-,28-,29+/m0/s1. The van der Waals surface area contributed by atoms with Gasteiger partial charge in [-0.3, -0.25) is 0 Å². The van der Waals surface area contributed by atoms with Crippen LogP contribution in [0.5, 0.6) is 0 Å². The van der Waals surface area contributed by atoms with Crippen LogP contribution >= 0.6 is 15.9 Å². The molecule has 0 unspecified atom stereocenters. The number of rotatable bonds is 8. The molecule has 0 bridgehead atoms. The number of fused-ring (bicyclic) bond motifs is 1. The Balaban J connectivity index is 2.70. The lowest BCUT2D eigenvalue weighted by atomic mass is 9.69. The predicted octanol–water partition coefficient (Wildman–Crippen LogP) is 9.60. The lowest BCUT2D eigenvalue weighted by Crippen LogP contribution is -2.49. The lowest BCUT2D eigenvalue weighted by Gasteiger charge is -2.46. The first kappa shape index (κ1) is 34.3. The van der Waals surface area contributed by atoms with E-state index in [-0.39, 0.29) is 58.0 Å². The summed E-state index contributed by atoms with van der Waals surface area (Å²) in [4.78, 5) is 0. The van der Waals surface area contributed by atoms with Crippen molar-refractivity contribution < 1.29 is 13.3 Å². The van der Waals surface area contributed by atoms with Gasteiger partial charge in [-0.15, -0.1) is 12.5 Å². The molecule has 2 aliphatic carbocycles. The molecular weight excluding hydrogens is 585 g/mol. The SMILES string of the molecule is C=C[C@H]1[C@H]([C@@H](C#CC)O[Si](C)(C)C)C(Br)=C[C@@H]2[C@@H](O[Si](C)(C)C(C)(C)C)[C@H](C)[C@@H](O[Si](C)(C)C(C)(C)C)[C@@H]21. The Hall–Kier alpha value is 0.0506. The van der Waals surface area contributed by atoms with Gasteiger partial charge in [0.2, 0.25) is 0 Å². The molecule has 218 valence electrons. The number of allylic oxidation sites excluding steroid dienone is 1. The summed E-state index contributed by atoms with van der Waals surface area (Å²) >= 11 is 4.03. The van der Waals surface area contributed by atoms with Gasteiger partial charge in [0.1, 0.15) is 6.10 Å². The number of halogens is 1. The van der Waals surface area contributed by atoms with Crippen molar-refractivity contribution >= 4 is 40.9 Å². The summed E-state index contributed by atoms with van der Waals surface area (Å²) in [6.07, 6.45) is 4.64. The molecule has 0 amide bonds. The molecular formula is C31H57BrO3Si3. The third kappa shape index (κ3) is 7.27. The van der Waals surface area contributed by atoms with E-state index in [1.165, 1.54) is 4.48 Å². The first-order chi connectivity index (χ1) is 17.0. The van der Waals surface area contributed by atoms with Gasteiger partial charge in [0, 0.05) is 17.8 Å². The quantitative estimate of drug-likeness (QED) is 0.150. The van der Waals surface area contributed by atoms with Crippen molar-refractivity contribution in [3.8, 4) is 11.8 Å². The molecule has 0 aliphatic heterocycles. The molecule has 8 atom stereocenters. The molecule has 0 aromatic carbocycles. The topological polar surface area (TPSA) is 27.7 Å². The monoisotopic (exact) mass is 640 g/mol. The van der Waals surface area contributed by atoms with E-state index in [0.29, 0.717) is 0 Å². The Morgan fingerprint density at radius 2 is 1.39 bits per heavy atom. The zero-order valence-corrected chi connectivity index (χ0v) is 31.7. The zero-order valence-electron chi connectivity index (χ0n) is 27.1. The molecule has 0 aromatic heterocycles. The first-order valence-electron chi connectivity index (χ1n) is 14.4. The van der Waals surface area contributed by atoms with Crippen LogP contribution in [0, 0.1) is 41.4 Å². The van der Waals surface area contributed by atoms with Crippen molar-refractivity contribution in [2.75, 3.05) is 0 Å². The van der Waals surface area contributed by atoms with Crippen LogP contribution in [-0.4, -0.2) is 43.3 Å². The van der Waals surface area contributed by atoms with E-state index >= 15 is 0 Å². The second-order valence-corrected chi connectivity index (χ2v) is 30.5. The average molecular weight is 642 g/mol. The summed E-state index contributed by atoms with van der Waals surface area (Å²) < 4.78 is 22.5. The smallest absolute Gasteiger partial charge is 0.192 e. The largest absolute Gasteiger partial charge is 0.413 e. The van der Waals surface area contributed by atoms with E-state index in [9.17, 15) is 0 Å². The second-order valence-electron chi connectivity index (χ2n) is 15.6. The van der Waals surface area contributed by atoms with Gasteiger partial charge in [-0.2, -0.15) is 0 Å². The Labute approximate surface area is 247 Å². The molecule has 2 aliphatic rings. The summed E-state index contributed by atoms with van der Waals surface area (Å²) in [7, 11) is -5.88. The van der Waals surface area contributed by atoms with Crippen LogP contribution in [0.4, 0.5) is 0 Å². The maximum atomic E-state index is 7.35. The van der Waals surface area contributed by atoms with Crippen LogP contribution in [0.15, 0.2) is 23.2 Å². The minimum Gasteiger partial charge on any atom is -0.413 e. The highest BCUT2D eigenvalue weighted by molar-refractivity contribution is 9.11. The fraction of sp³-hybridized carbons (Fsp3) is 0.806. The molecule has 0 aromatic rings. The van der Waals surface area contributed by atoms with Crippen molar-refractivity contribution in [2.24, 2.45) is 29.6 Å². The molecule has 0 heterocycles. The molecule has 2 rings (SSSR count). The molecule has 0 radical (unpaired) electrons. The van der Waals surface area contributed by atoms with E-state index in [1.54, 1.807) is 0 Å². The van der Waals surface area contributed by atoms with E-state index in [2.05, 4.69) is 141 Å². The van der Waals surface area contributed by atoms with Crippen LogP contribution < -0.4 is 0 Å². The maximum absolute atomic E-state index is 7.35.